The Hall–Kier alpha value is -2.04. The van der Waals surface area contributed by atoms with Crippen molar-refractivity contribution in [2.24, 2.45) is 0 Å². The molecule has 0 saturated heterocycles. The number of halogens is 1. The van der Waals surface area contributed by atoms with Crippen molar-refractivity contribution in [2.45, 2.75) is 19.9 Å². The van der Waals surface area contributed by atoms with E-state index in [4.69, 9.17) is 4.74 Å². The summed E-state index contributed by atoms with van der Waals surface area (Å²) in [5.41, 5.74) is 2.66. The first-order valence-corrected chi connectivity index (χ1v) is 6.35. The first kappa shape index (κ1) is 12.0. The van der Waals surface area contributed by atoms with Gasteiger partial charge < -0.3 is 14.6 Å². The normalized spacial score (nSPS) is 13.8. The molecule has 2 heterocycles. The molecule has 0 bridgehead atoms. The molecule has 19 heavy (non-hydrogen) atoms. The molecule has 2 aromatic rings. The summed E-state index contributed by atoms with van der Waals surface area (Å²) < 4.78 is 20.9. The molecule has 0 amide bonds. The van der Waals surface area contributed by atoms with E-state index in [-0.39, 0.29) is 11.6 Å². The highest BCUT2D eigenvalue weighted by molar-refractivity contribution is 5.65. The zero-order valence-corrected chi connectivity index (χ0v) is 11.0. The van der Waals surface area contributed by atoms with Crippen molar-refractivity contribution in [3.05, 3.63) is 29.7 Å². The van der Waals surface area contributed by atoms with Gasteiger partial charge in [-0.05, 0) is 31.5 Å². The summed E-state index contributed by atoms with van der Waals surface area (Å²) in [5, 5.41) is 3.26. The minimum atomic E-state index is -0.363. The molecule has 4 nitrogen and oxygen atoms in total. The third-order valence-electron chi connectivity index (χ3n) is 3.49. The van der Waals surface area contributed by atoms with Crippen molar-refractivity contribution < 1.29 is 9.13 Å². The molecule has 3 rings (SSSR count). The summed E-state index contributed by atoms with van der Waals surface area (Å²) in [6.07, 6.45) is 1.08. The molecular weight excluding hydrogens is 245 g/mol. The number of hydrogen-bond donors (Lipinski definition) is 1. The number of methoxy groups -OCH3 is 1. The van der Waals surface area contributed by atoms with E-state index in [1.165, 1.54) is 13.2 Å². The van der Waals surface area contributed by atoms with E-state index in [9.17, 15) is 4.39 Å². The van der Waals surface area contributed by atoms with E-state index < -0.39 is 0 Å². The fourth-order valence-electron chi connectivity index (χ4n) is 2.47. The summed E-state index contributed by atoms with van der Waals surface area (Å²) in [6.45, 7) is 3.91. The van der Waals surface area contributed by atoms with Crippen LogP contribution < -0.4 is 10.1 Å². The molecule has 5 heteroatoms. The Balaban J connectivity index is 2.07. The molecule has 0 fully saturated rings. The fraction of sp³-hybridized carbons (Fsp3) is 0.357. The van der Waals surface area contributed by atoms with Crippen LogP contribution in [0.5, 0.6) is 5.75 Å². The molecule has 0 unspecified atom stereocenters. The zero-order chi connectivity index (χ0) is 13.4. The van der Waals surface area contributed by atoms with E-state index in [2.05, 4.69) is 14.9 Å². The molecule has 1 aliphatic rings. The number of nitrogens with one attached hydrogen (secondary N) is 1. The Bertz CT molecular complexity index is 621. The van der Waals surface area contributed by atoms with Gasteiger partial charge in [0.15, 0.2) is 11.6 Å². The van der Waals surface area contributed by atoms with Crippen molar-refractivity contribution in [2.75, 3.05) is 19.0 Å². The molecule has 0 radical (unpaired) electrons. The quantitative estimate of drug-likeness (QED) is 0.903. The van der Waals surface area contributed by atoms with Gasteiger partial charge >= 0.3 is 0 Å². The molecule has 0 atom stereocenters. The lowest BCUT2D eigenvalue weighted by atomic mass is 10.1. The van der Waals surface area contributed by atoms with Crippen LogP contribution in [0.2, 0.25) is 0 Å². The molecule has 0 aliphatic carbocycles. The predicted molar refractivity (Wildman–Crippen MR) is 72.0 cm³/mol. The van der Waals surface area contributed by atoms with Crippen LogP contribution in [0, 0.1) is 12.7 Å². The van der Waals surface area contributed by atoms with E-state index in [0.717, 1.165) is 42.4 Å². The van der Waals surface area contributed by atoms with Crippen LogP contribution in [0.4, 0.5) is 10.3 Å². The number of fused-ring (bicyclic) bond motifs is 1. The number of rotatable bonds is 2. The second-order valence-corrected chi connectivity index (χ2v) is 4.65. The monoisotopic (exact) mass is 261 g/mol. The highest BCUT2D eigenvalue weighted by Gasteiger charge is 2.18. The molecule has 1 aliphatic heterocycles. The van der Waals surface area contributed by atoms with Crippen LogP contribution in [-0.4, -0.2) is 23.2 Å². The van der Waals surface area contributed by atoms with Gasteiger partial charge in [0.1, 0.15) is 0 Å². The van der Waals surface area contributed by atoms with E-state index >= 15 is 0 Å². The average molecular weight is 261 g/mol. The molecule has 0 spiro atoms. The molecular formula is C14H16FN3O. The Morgan fingerprint density at radius 1 is 1.42 bits per heavy atom. The van der Waals surface area contributed by atoms with Crippen LogP contribution >= 0.6 is 0 Å². The average Bonchev–Trinajstić information content (AvgIpc) is 2.77. The number of nitrogens with zero attached hydrogens (tertiary/aromatic N) is 2. The maximum Gasteiger partial charge on any atom is 0.203 e. The third-order valence-corrected chi connectivity index (χ3v) is 3.49. The molecule has 1 aromatic carbocycles. The van der Waals surface area contributed by atoms with Gasteiger partial charge in [0.05, 0.1) is 12.8 Å². The molecule has 100 valence electrons. The smallest absolute Gasteiger partial charge is 0.203 e. The summed E-state index contributed by atoms with van der Waals surface area (Å²) in [5.74, 6) is 0.761. The Kier molecular flexibility index (Phi) is 2.89. The maximum absolute atomic E-state index is 13.8. The van der Waals surface area contributed by atoms with E-state index in [1.54, 1.807) is 6.07 Å². The first-order valence-electron chi connectivity index (χ1n) is 6.35. The van der Waals surface area contributed by atoms with Gasteiger partial charge in [-0.25, -0.2) is 9.37 Å². The SMILES string of the molecule is COc1ccc(-c2nc3n(c2C)CCCN3)cc1F. The summed E-state index contributed by atoms with van der Waals surface area (Å²) in [7, 11) is 1.46. The van der Waals surface area contributed by atoms with Crippen LogP contribution in [0.1, 0.15) is 12.1 Å². The minimum absolute atomic E-state index is 0.253. The number of hydrogen-bond acceptors (Lipinski definition) is 3. The topological polar surface area (TPSA) is 39.1 Å². The van der Waals surface area contributed by atoms with Crippen LogP contribution in [0.15, 0.2) is 18.2 Å². The lowest BCUT2D eigenvalue weighted by Gasteiger charge is -2.16. The van der Waals surface area contributed by atoms with Gasteiger partial charge in [-0.15, -0.1) is 0 Å². The van der Waals surface area contributed by atoms with Crippen LogP contribution in [-0.2, 0) is 6.54 Å². The van der Waals surface area contributed by atoms with E-state index in [1.807, 2.05) is 13.0 Å². The van der Waals surface area contributed by atoms with Crippen LogP contribution in [0.3, 0.4) is 0 Å². The molecule has 1 aromatic heterocycles. The Morgan fingerprint density at radius 2 is 2.26 bits per heavy atom. The van der Waals surface area contributed by atoms with Gasteiger partial charge in [-0.2, -0.15) is 0 Å². The van der Waals surface area contributed by atoms with Gasteiger partial charge in [-0.1, -0.05) is 0 Å². The fourth-order valence-corrected chi connectivity index (χ4v) is 2.47. The predicted octanol–water partition coefficient (Wildman–Crippen LogP) is 2.82. The second-order valence-electron chi connectivity index (χ2n) is 4.65. The first-order chi connectivity index (χ1) is 9.20. The number of benzene rings is 1. The van der Waals surface area contributed by atoms with E-state index in [0.29, 0.717) is 0 Å². The largest absolute Gasteiger partial charge is 0.494 e. The lowest BCUT2D eigenvalue weighted by molar-refractivity contribution is 0.386. The third kappa shape index (κ3) is 1.95. The second kappa shape index (κ2) is 4.57. The minimum Gasteiger partial charge on any atom is -0.494 e. The zero-order valence-electron chi connectivity index (χ0n) is 11.0. The molecule has 0 saturated carbocycles. The highest BCUT2D eigenvalue weighted by atomic mass is 19.1. The van der Waals surface area contributed by atoms with Crippen LogP contribution in [0.25, 0.3) is 11.3 Å². The summed E-state index contributed by atoms with van der Waals surface area (Å²) in [6, 6.07) is 4.94. The highest BCUT2D eigenvalue weighted by Crippen LogP contribution is 2.30. The number of ether oxygens (including phenoxy) is 1. The van der Waals surface area contributed by atoms with Gasteiger partial charge in [0.25, 0.3) is 0 Å². The maximum atomic E-state index is 13.8. The Morgan fingerprint density at radius 3 is 2.95 bits per heavy atom. The number of aromatic nitrogens is 2. The van der Waals surface area contributed by atoms with Crippen molar-refractivity contribution in [3.8, 4) is 17.0 Å². The van der Waals surface area contributed by atoms with Gasteiger partial charge in [0, 0.05) is 24.3 Å². The Labute approximate surface area is 111 Å². The van der Waals surface area contributed by atoms with Crippen molar-refractivity contribution in [3.63, 3.8) is 0 Å². The summed E-state index contributed by atoms with van der Waals surface area (Å²) >= 11 is 0. The standard InChI is InChI=1S/C14H16FN3O/c1-9-13(17-14-16-6-3-7-18(9)14)10-4-5-12(19-2)11(15)8-10/h4-5,8H,3,6-7H2,1-2H3,(H,16,17). The molecule has 1 N–H and O–H groups in total. The van der Waals surface area contributed by atoms with Crippen molar-refractivity contribution in [1.82, 2.24) is 9.55 Å². The van der Waals surface area contributed by atoms with Gasteiger partial charge in [-0.3, -0.25) is 0 Å². The van der Waals surface area contributed by atoms with Crippen molar-refractivity contribution in [1.29, 1.82) is 0 Å². The van der Waals surface area contributed by atoms with Gasteiger partial charge in [0.2, 0.25) is 5.95 Å². The number of anilines is 1. The summed E-state index contributed by atoms with van der Waals surface area (Å²) in [4.78, 5) is 4.56. The number of imidazole rings is 1. The van der Waals surface area contributed by atoms with Crippen molar-refractivity contribution >= 4 is 5.95 Å². The lowest BCUT2D eigenvalue weighted by Crippen LogP contribution is -2.17.